The fourth-order valence-electron chi connectivity index (χ4n) is 1.67. The first-order valence-electron chi connectivity index (χ1n) is 5.73. The second kappa shape index (κ2) is 6.81. The fourth-order valence-corrected chi connectivity index (χ4v) is 2.04. The molecule has 0 bridgehead atoms. The van der Waals surface area contributed by atoms with E-state index in [1.54, 1.807) is 6.92 Å². The Bertz CT molecular complexity index is 457. The molecule has 1 rings (SSSR count). The van der Waals surface area contributed by atoms with Gasteiger partial charge in [0.05, 0.1) is 16.5 Å². The van der Waals surface area contributed by atoms with Crippen LogP contribution in [-0.2, 0) is 6.54 Å². The molecule has 0 spiro atoms. The Morgan fingerprint density at radius 1 is 1.44 bits per heavy atom. The van der Waals surface area contributed by atoms with Crippen LogP contribution in [0.3, 0.4) is 0 Å². The number of nitrogens with zero attached hydrogens (tertiary/aromatic N) is 2. The molecule has 1 unspecified atom stereocenters. The molecular formula is C13H15BrF2N2. The number of hydrogen-bond acceptors (Lipinski definition) is 2. The molecule has 2 nitrogen and oxygen atoms in total. The Morgan fingerprint density at radius 3 is 2.67 bits per heavy atom. The first-order chi connectivity index (χ1) is 8.49. The first-order valence-corrected chi connectivity index (χ1v) is 6.53. The average molecular weight is 317 g/mol. The van der Waals surface area contributed by atoms with E-state index in [4.69, 9.17) is 5.26 Å². The van der Waals surface area contributed by atoms with Gasteiger partial charge in [0, 0.05) is 18.7 Å². The smallest absolute Gasteiger partial charge is 0.144 e. The van der Waals surface area contributed by atoms with Crippen molar-refractivity contribution >= 4 is 15.9 Å². The summed E-state index contributed by atoms with van der Waals surface area (Å²) in [5.74, 6) is -1.29. The highest BCUT2D eigenvalue weighted by Crippen LogP contribution is 2.23. The molecule has 0 saturated carbocycles. The molecule has 5 heteroatoms. The molecular weight excluding hydrogens is 302 g/mol. The van der Waals surface area contributed by atoms with Crippen molar-refractivity contribution in [1.29, 1.82) is 5.26 Å². The van der Waals surface area contributed by atoms with Crippen molar-refractivity contribution in [3.63, 3.8) is 0 Å². The Hall–Kier alpha value is -0.990. The van der Waals surface area contributed by atoms with E-state index in [0.29, 0.717) is 13.1 Å². The Labute approximate surface area is 114 Å². The van der Waals surface area contributed by atoms with Gasteiger partial charge < -0.3 is 0 Å². The van der Waals surface area contributed by atoms with Gasteiger partial charge in [-0.3, -0.25) is 4.90 Å². The third-order valence-corrected chi connectivity index (χ3v) is 3.33. The van der Waals surface area contributed by atoms with Crippen molar-refractivity contribution in [2.75, 3.05) is 13.1 Å². The summed E-state index contributed by atoms with van der Waals surface area (Å²) in [4.78, 5) is 1.85. The van der Waals surface area contributed by atoms with Crippen LogP contribution in [0.15, 0.2) is 16.6 Å². The van der Waals surface area contributed by atoms with Gasteiger partial charge in [-0.25, -0.2) is 8.78 Å². The summed E-state index contributed by atoms with van der Waals surface area (Å²) in [5.41, 5.74) is 0.0383. The molecule has 0 aliphatic heterocycles. The van der Waals surface area contributed by atoms with E-state index < -0.39 is 11.6 Å². The van der Waals surface area contributed by atoms with Gasteiger partial charge in [0.25, 0.3) is 0 Å². The monoisotopic (exact) mass is 316 g/mol. The highest BCUT2D eigenvalue weighted by atomic mass is 79.9. The highest BCUT2D eigenvalue weighted by Gasteiger charge is 2.16. The standard InChI is InChI=1S/C13H15BrF2N2/c1-3-18(7-9(2)6-17)8-10-12(15)5-4-11(14)13(10)16/h4-5,9H,3,7-8H2,1-2H3. The predicted molar refractivity (Wildman–Crippen MR) is 69.8 cm³/mol. The molecule has 0 amide bonds. The lowest BCUT2D eigenvalue weighted by atomic mass is 10.1. The summed E-state index contributed by atoms with van der Waals surface area (Å²) >= 11 is 3.04. The van der Waals surface area contributed by atoms with Crippen LogP contribution < -0.4 is 0 Å². The summed E-state index contributed by atoms with van der Waals surface area (Å²) < 4.78 is 27.6. The summed E-state index contributed by atoms with van der Waals surface area (Å²) in [7, 11) is 0. The number of benzene rings is 1. The van der Waals surface area contributed by atoms with Gasteiger partial charge in [0.2, 0.25) is 0 Å². The molecule has 0 aliphatic rings. The molecule has 0 radical (unpaired) electrons. The van der Waals surface area contributed by atoms with Crippen LogP contribution in [-0.4, -0.2) is 18.0 Å². The molecule has 0 aliphatic carbocycles. The molecule has 0 fully saturated rings. The molecule has 1 atom stereocenters. The van der Waals surface area contributed by atoms with E-state index in [9.17, 15) is 8.78 Å². The first kappa shape index (κ1) is 15.1. The maximum absolute atomic E-state index is 13.8. The van der Waals surface area contributed by atoms with Crippen molar-refractivity contribution < 1.29 is 8.78 Å². The van der Waals surface area contributed by atoms with Crippen LogP contribution in [0.5, 0.6) is 0 Å². The Balaban J connectivity index is 2.89. The number of rotatable bonds is 5. The van der Waals surface area contributed by atoms with E-state index in [1.165, 1.54) is 12.1 Å². The summed E-state index contributed by atoms with van der Waals surface area (Å²) in [5, 5.41) is 8.77. The molecule has 98 valence electrons. The molecule has 1 aromatic carbocycles. The fraction of sp³-hybridized carbons (Fsp3) is 0.462. The molecule has 18 heavy (non-hydrogen) atoms. The van der Waals surface area contributed by atoms with Crippen molar-refractivity contribution in [1.82, 2.24) is 4.90 Å². The maximum Gasteiger partial charge on any atom is 0.144 e. The SMILES string of the molecule is CCN(Cc1c(F)ccc(Br)c1F)CC(C)C#N. The number of hydrogen-bond donors (Lipinski definition) is 0. The normalized spacial score (nSPS) is 12.5. The van der Waals surface area contributed by atoms with Crippen LogP contribution in [0.1, 0.15) is 19.4 Å². The predicted octanol–water partition coefficient (Wildman–Crippen LogP) is 3.71. The van der Waals surface area contributed by atoms with Gasteiger partial charge in [-0.15, -0.1) is 0 Å². The van der Waals surface area contributed by atoms with Crippen LogP contribution >= 0.6 is 15.9 Å². The average Bonchev–Trinajstić information content (AvgIpc) is 2.37. The van der Waals surface area contributed by atoms with Gasteiger partial charge in [-0.1, -0.05) is 6.92 Å². The van der Waals surface area contributed by atoms with Gasteiger partial charge in [-0.05, 0) is 41.5 Å². The van der Waals surface area contributed by atoms with Crippen molar-refractivity contribution in [3.05, 3.63) is 33.8 Å². The molecule has 1 aromatic rings. The largest absolute Gasteiger partial charge is 0.298 e. The zero-order chi connectivity index (χ0) is 13.7. The second-order valence-corrected chi connectivity index (χ2v) is 5.03. The van der Waals surface area contributed by atoms with Gasteiger partial charge >= 0.3 is 0 Å². The van der Waals surface area contributed by atoms with Gasteiger partial charge in [0.15, 0.2) is 0 Å². The second-order valence-electron chi connectivity index (χ2n) is 4.18. The lowest BCUT2D eigenvalue weighted by Crippen LogP contribution is -2.28. The Kier molecular flexibility index (Phi) is 5.70. The summed E-state index contributed by atoms with van der Waals surface area (Å²) in [6.07, 6.45) is 0. The van der Waals surface area contributed by atoms with Crippen LogP contribution in [0.2, 0.25) is 0 Å². The van der Waals surface area contributed by atoms with Crippen LogP contribution in [0.4, 0.5) is 8.78 Å². The number of halogens is 3. The summed E-state index contributed by atoms with van der Waals surface area (Å²) in [6, 6.07) is 4.71. The number of nitriles is 1. The molecule has 0 aromatic heterocycles. The van der Waals surface area contributed by atoms with Crippen LogP contribution in [0, 0.1) is 28.9 Å². The van der Waals surface area contributed by atoms with E-state index in [1.807, 2.05) is 11.8 Å². The van der Waals surface area contributed by atoms with E-state index in [0.717, 1.165) is 0 Å². The third-order valence-electron chi connectivity index (χ3n) is 2.72. The topological polar surface area (TPSA) is 27.0 Å². The van der Waals surface area contributed by atoms with Crippen molar-refractivity contribution in [2.24, 2.45) is 5.92 Å². The van der Waals surface area contributed by atoms with E-state index >= 15 is 0 Å². The van der Waals surface area contributed by atoms with E-state index in [2.05, 4.69) is 22.0 Å². The molecule has 0 N–H and O–H groups in total. The zero-order valence-corrected chi connectivity index (χ0v) is 12.0. The molecule has 0 saturated heterocycles. The van der Waals surface area contributed by atoms with Crippen LogP contribution in [0.25, 0.3) is 0 Å². The van der Waals surface area contributed by atoms with Gasteiger partial charge in [0.1, 0.15) is 11.6 Å². The maximum atomic E-state index is 13.8. The molecule has 0 heterocycles. The minimum atomic E-state index is -0.571. The minimum absolute atomic E-state index is 0.0383. The van der Waals surface area contributed by atoms with E-state index in [-0.39, 0.29) is 22.5 Å². The quantitative estimate of drug-likeness (QED) is 0.774. The third kappa shape index (κ3) is 3.76. The van der Waals surface area contributed by atoms with Crippen molar-refractivity contribution in [2.45, 2.75) is 20.4 Å². The highest BCUT2D eigenvalue weighted by molar-refractivity contribution is 9.10. The minimum Gasteiger partial charge on any atom is -0.298 e. The van der Waals surface area contributed by atoms with Gasteiger partial charge in [-0.2, -0.15) is 5.26 Å². The summed E-state index contributed by atoms with van der Waals surface area (Å²) in [6.45, 7) is 4.99. The van der Waals surface area contributed by atoms with Crippen molar-refractivity contribution in [3.8, 4) is 6.07 Å². The lowest BCUT2D eigenvalue weighted by molar-refractivity contribution is 0.252. The lowest BCUT2D eigenvalue weighted by Gasteiger charge is -2.22. The Morgan fingerprint density at radius 2 is 2.11 bits per heavy atom. The zero-order valence-electron chi connectivity index (χ0n) is 10.4.